The topological polar surface area (TPSA) is 71.3 Å². The van der Waals surface area contributed by atoms with E-state index in [9.17, 15) is 8.42 Å². The molecule has 0 aromatic carbocycles. The van der Waals surface area contributed by atoms with Gasteiger partial charge in [-0.05, 0) is 37.3 Å². The van der Waals surface area contributed by atoms with Gasteiger partial charge in [0.25, 0.3) is 10.0 Å². The van der Waals surface area contributed by atoms with E-state index >= 15 is 0 Å². The molecule has 0 aliphatic rings. The lowest BCUT2D eigenvalue weighted by atomic mass is 10.2. The quantitative estimate of drug-likeness (QED) is 0.688. The molecule has 1 aromatic rings. The number of rotatable bonds is 10. The molecule has 0 amide bonds. The second kappa shape index (κ2) is 8.82. The number of sulfonamides is 1. The molecule has 5 nitrogen and oxygen atoms in total. The lowest BCUT2D eigenvalue weighted by molar-refractivity contribution is 0.393. The number of thioether (sulfide) groups is 1. The largest absolute Gasteiger partial charge is 0.447 e. The first-order valence-electron chi connectivity index (χ1n) is 7.19. The first kappa shape index (κ1) is 18.5. The van der Waals surface area contributed by atoms with Crippen molar-refractivity contribution in [2.24, 2.45) is 5.92 Å². The molecule has 0 spiro atoms. The van der Waals surface area contributed by atoms with Gasteiger partial charge in [0.1, 0.15) is 5.76 Å². The van der Waals surface area contributed by atoms with E-state index in [4.69, 9.17) is 4.42 Å². The Morgan fingerprint density at radius 3 is 2.62 bits per heavy atom. The first-order valence-corrected chi connectivity index (χ1v) is 10.1. The highest BCUT2D eigenvalue weighted by atomic mass is 32.2. The summed E-state index contributed by atoms with van der Waals surface area (Å²) < 4.78 is 32.6. The normalized spacial score (nSPS) is 13.8. The van der Waals surface area contributed by atoms with Crippen molar-refractivity contribution in [2.45, 2.75) is 44.9 Å². The van der Waals surface area contributed by atoms with Gasteiger partial charge in [-0.1, -0.05) is 20.8 Å². The van der Waals surface area contributed by atoms with Crippen LogP contribution in [0.4, 0.5) is 0 Å². The van der Waals surface area contributed by atoms with Crippen LogP contribution in [-0.4, -0.2) is 33.0 Å². The minimum absolute atomic E-state index is 0.0107. The Morgan fingerprint density at radius 2 is 2.05 bits per heavy atom. The van der Waals surface area contributed by atoms with Crippen LogP contribution in [0.5, 0.6) is 0 Å². The van der Waals surface area contributed by atoms with E-state index in [-0.39, 0.29) is 11.1 Å². The summed E-state index contributed by atoms with van der Waals surface area (Å²) >= 11 is 1.62. The van der Waals surface area contributed by atoms with Crippen LogP contribution in [-0.2, 0) is 16.6 Å². The SMILES string of the molecule is CCC(CSC)NS(=O)(=O)c1ccc(CNCC(C)C)o1. The Kier molecular flexibility index (Phi) is 7.79. The van der Waals surface area contributed by atoms with Gasteiger partial charge in [0.15, 0.2) is 0 Å². The van der Waals surface area contributed by atoms with Crippen molar-refractivity contribution in [3.63, 3.8) is 0 Å². The fraction of sp³-hybridized carbons (Fsp3) is 0.714. The predicted molar refractivity (Wildman–Crippen MR) is 88.0 cm³/mol. The second-order valence-electron chi connectivity index (χ2n) is 5.43. The molecule has 1 aromatic heterocycles. The molecule has 1 heterocycles. The minimum Gasteiger partial charge on any atom is -0.447 e. The lowest BCUT2D eigenvalue weighted by Gasteiger charge is -2.14. The maximum atomic E-state index is 12.2. The summed E-state index contributed by atoms with van der Waals surface area (Å²) in [5, 5.41) is 3.22. The molecule has 1 rings (SSSR count). The highest BCUT2D eigenvalue weighted by Gasteiger charge is 2.22. The van der Waals surface area contributed by atoms with Crippen LogP contribution in [0.2, 0.25) is 0 Å². The highest BCUT2D eigenvalue weighted by Crippen LogP contribution is 2.15. The van der Waals surface area contributed by atoms with Gasteiger partial charge in [-0.25, -0.2) is 13.1 Å². The number of furan rings is 1. The lowest BCUT2D eigenvalue weighted by Crippen LogP contribution is -2.35. The van der Waals surface area contributed by atoms with Crippen molar-refractivity contribution in [3.8, 4) is 0 Å². The fourth-order valence-electron chi connectivity index (χ4n) is 1.80. The third-order valence-electron chi connectivity index (χ3n) is 2.94. The molecular formula is C14H26N2O3S2. The van der Waals surface area contributed by atoms with Crippen LogP contribution in [0.15, 0.2) is 21.6 Å². The minimum atomic E-state index is -3.57. The van der Waals surface area contributed by atoms with E-state index in [1.807, 2.05) is 13.2 Å². The maximum absolute atomic E-state index is 12.2. The third kappa shape index (κ3) is 6.42. The van der Waals surface area contributed by atoms with Crippen LogP contribution in [0, 0.1) is 5.92 Å². The monoisotopic (exact) mass is 334 g/mol. The summed E-state index contributed by atoms with van der Waals surface area (Å²) in [6.07, 6.45) is 2.71. The van der Waals surface area contributed by atoms with Gasteiger partial charge in [-0.15, -0.1) is 0 Å². The number of hydrogen-bond donors (Lipinski definition) is 2. The van der Waals surface area contributed by atoms with Gasteiger partial charge in [0.2, 0.25) is 5.09 Å². The van der Waals surface area contributed by atoms with Crippen molar-refractivity contribution in [2.75, 3.05) is 18.6 Å². The van der Waals surface area contributed by atoms with Crippen molar-refractivity contribution >= 4 is 21.8 Å². The Labute approximate surface area is 132 Å². The summed E-state index contributed by atoms with van der Waals surface area (Å²) in [5.74, 6) is 1.93. The standard InChI is InChI=1S/C14H26N2O3S2/c1-5-12(10-20-4)16-21(17,18)14-7-6-13(19-14)9-15-8-11(2)3/h6-7,11-12,15-16H,5,8-10H2,1-4H3. The van der Waals surface area contributed by atoms with Crippen LogP contribution in [0.3, 0.4) is 0 Å². The second-order valence-corrected chi connectivity index (χ2v) is 7.98. The first-order chi connectivity index (χ1) is 9.89. The summed E-state index contributed by atoms with van der Waals surface area (Å²) in [4.78, 5) is 0. The van der Waals surface area contributed by atoms with E-state index in [2.05, 4.69) is 23.9 Å². The van der Waals surface area contributed by atoms with Gasteiger partial charge in [0, 0.05) is 11.8 Å². The van der Waals surface area contributed by atoms with E-state index in [0.29, 0.717) is 18.2 Å². The van der Waals surface area contributed by atoms with Gasteiger partial charge in [-0.2, -0.15) is 11.8 Å². The van der Waals surface area contributed by atoms with Gasteiger partial charge in [-0.3, -0.25) is 0 Å². The Balaban J connectivity index is 2.65. The van der Waals surface area contributed by atoms with E-state index in [1.54, 1.807) is 17.8 Å². The van der Waals surface area contributed by atoms with E-state index in [0.717, 1.165) is 18.7 Å². The smallest absolute Gasteiger partial charge is 0.274 e. The molecule has 0 saturated carbocycles. The zero-order chi connectivity index (χ0) is 15.9. The fourth-order valence-corrected chi connectivity index (χ4v) is 3.89. The van der Waals surface area contributed by atoms with Crippen LogP contribution in [0.1, 0.15) is 33.0 Å². The number of nitrogens with one attached hydrogen (secondary N) is 2. The molecule has 122 valence electrons. The predicted octanol–water partition coefficient (Wildman–Crippen LogP) is 2.45. The molecule has 0 radical (unpaired) electrons. The van der Waals surface area contributed by atoms with Gasteiger partial charge >= 0.3 is 0 Å². The molecule has 0 fully saturated rings. The Bertz CT molecular complexity index is 512. The molecule has 2 N–H and O–H groups in total. The molecule has 0 aliphatic carbocycles. The van der Waals surface area contributed by atoms with Crippen molar-refractivity contribution < 1.29 is 12.8 Å². The molecule has 0 aliphatic heterocycles. The van der Waals surface area contributed by atoms with Crippen LogP contribution in [0.25, 0.3) is 0 Å². The highest BCUT2D eigenvalue weighted by molar-refractivity contribution is 7.98. The Morgan fingerprint density at radius 1 is 1.33 bits per heavy atom. The maximum Gasteiger partial charge on any atom is 0.274 e. The molecular weight excluding hydrogens is 308 g/mol. The van der Waals surface area contributed by atoms with E-state index < -0.39 is 10.0 Å². The Hall–Kier alpha value is -0.500. The number of hydrogen-bond acceptors (Lipinski definition) is 5. The van der Waals surface area contributed by atoms with Crippen molar-refractivity contribution in [3.05, 3.63) is 17.9 Å². The van der Waals surface area contributed by atoms with Crippen LogP contribution < -0.4 is 10.0 Å². The van der Waals surface area contributed by atoms with Gasteiger partial charge in [0.05, 0.1) is 6.54 Å². The molecule has 21 heavy (non-hydrogen) atoms. The molecule has 1 unspecified atom stereocenters. The summed E-state index contributed by atoms with van der Waals surface area (Å²) in [6.45, 7) is 7.60. The zero-order valence-corrected chi connectivity index (χ0v) is 14.8. The molecule has 7 heteroatoms. The van der Waals surface area contributed by atoms with Crippen molar-refractivity contribution in [1.82, 2.24) is 10.0 Å². The summed E-state index contributed by atoms with van der Waals surface area (Å²) in [7, 11) is -3.57. The van der Waals surface area contributed by atoms with Gasteiger partial charge < -0.3 is 9.73 Å². The van der Waals surface area contributed by atoms with Crippen molar-refractivity contribution in [1.29, 1.82) is 0 Å². The average Bonchev–Trinajstić information content (AvgIpc) is 2.87. The van der Waals surface area contributed by atoms with Crippen LogP contribution >= 0.6 is 11.8 Å². The third-order valence-corrected chi connectivity index (χ3v) is 5.06. The molecule has 1 atom stereocenters. The average molecular weight is 335 g/mol. The summed E-state index contributed by atoms with van der Waals surface area (Å²) in [6, 6.07) is 3.15. The zero-order valence-electron chi connectivity index (χ0n) is 13.2. The molecule has 0 saturated heterocycles. The molecule has 0 bridgehead atoms. The van der Waals surface area contributed by atoms with E-state index in [1.165, 1.54) is 6.07 Å². The summed E-state index contributed by atoms with van der Waals surface area (Å²) in [5.41, 5.74) is 0.